The summed E-state index contributed by atoms with van der Waals surface area (Å²) in [6.45, 7) is 1.17. The summed E-state index contributed by atoms with van der Waals surface area (Å²) in [5.41, 5.74) is 5.42. The van der Waals surface area contributed by atoms with Crippen LogP contribution in [0.15, 0.2) is 9.85 Å². The molecule has 1 aromatic heterocycles. The third-order valence-electron chi connectivity index (χ3n) is 2.96. The van der Waals surface area contributed by atoms with Crippen LogP contribution in [-0.4, -0.2) is 36.1 Å². The number of amides is 3. The van der Waals surface area contributed by atoms with Crippen molar-refractivity contribution in [1.29, 1.82) is 0 Å². The Bertz CT molecular complexity index is 569. The molecule has 114 valence electrons. The summed E-state index contributed by atoms with van der Waals surface area (Å²) in [4.78, 5) is 36.4. The van der Waals surface area contributed by atoms with Gasteiger partial charge >= 0.3 is 12.2 Å². The maximum atomic E-state index is 11.8. The Balaban J connectivity index is 1.95. The fraction of sp³-hybridized carbons (Fsp3) is 0.417. The maximum Gasteiger partial charge on any atom is 0.420 e. The molecule has 1 aromatic rings. The number of hydrogen-bond donors (Lipinski definition) is 2. The fourth-order valence-corrected chi connectivity index (χ4v) is 3.40. The summed E-state index contributed by atoms with van der Waals surface area (Å²) in [5.74, 6) is -0.664. The van der Waals surface area contributed by atoms with E-state index in [4.69, 9.17) is 10.5 Å². The van der Waals surface area contributed by atoms with Gasteiger partial charge in [-0.1, -0.05) is 0 Å². The Labute approximate surface area is 133 Å². The number of ether oxygens (including phenoxy) is 1. The lowest BCUT2D eigenvalue weighted by molar-refractivity contribution is 0.100. The first-order valence-corrected chi connectivity index (χ1v) is 7.95. The number of thiophene rings is 1. The van der Waals surface area contributed by atoms with Crippen molar-refractivity contribution in [2.45, 2.75) is 19.3 Å². The smallest absolute Gasteiger partial charge is 0.365 e. The van der Waals surface area contributed by atoms with Crippen LogP contribution >= 0.6 is 27.3 Å². The summed E-state index contributed by atoms with van der Waals surface area (Å²) in [6, 6.07) is 1.53. The highest BCUT2D eigenvalue weighted by Gasteiger charge is 2.22. The normalized spacial score (nSPS) is 14.6. The van der Waals surface area contributed by atoms with Crippen LogP contribution < -0.4 is 11.1 Å². The summed E-state index contributed by atoms with van der Waals surface area (Å²) < 4.78 is 5.35. The minimum absolute atomic E-state index is 0.184. The lowest BCUT2D eigenvalue weighted by Gasteiger charge is -2.25. The van der Waals surface area contributed by atoms with Gasteiger partial charge in [-0.3, -0.25) is 10.1 Å². The number of rotatable bonds is 2. The van der Waals surface area contributed by atoms with Gasteiger partial charge in [0.05, 0.1) is 9.47 Å². The van der Waals surface area contributed by atoms with E-state index in [-0.39, 0.29) is 10.6 Å². The number of halogens is 1. The van der Waals surface area contributed by atoms with Gasteiger partial charge in [0, 0.05) is 13.1 Å². The molecule has 0 spiro atoms. The molecular formula is C12H14BrN3O4S. The zero-order chi connectivity index (χ0) is 15.4. The molecule has 7 nitrogen and oxygen atoms in total. The number of nitrogens with zero attached hydrogens (tertiary/aromatic N) is 1. The number of anilines is 1. The predicted molar refractivity (Wildman–Crippen MR) is 81.5 cm³/mol. The van der Waals surface area contributed by atoms with Crippen LogP contribution in [0, 0.1) is 0 Å². The first-order valence-electron chi connectivity index (χ1n) is 6.34. The number of piperidine rings is 1. The second kappa shape index (κ2) is 6.90. The molecule has 0 atom stereocenters. The lowest BCUT2D eigenvalue weighted by atomic mass is 10.1. The molecule has 21 heavy (non-hydrogen) atoms. The lowest BCUT2D eigenvalue weighted by Crippen LogP contribution is -2.38. The largest absolute Gasteiger partial charge is 0.420 e. The number of likely N-dealkylation sites (tertiary alicyclic amines) is 1. The quantitative estimate of drug-likeness (QED) is 0.775. The standard InChI is InChI=1S/C12H14BrN3O4S/c13-8-6-7(9(21-8)10(14)17)15-11(18)20-12(19)16-4-2-1-3-5-16/h6H,1-5H2,(H2,14,17)(H,15,18). The molecule has 2 heterocycles. The minimum atomic E-state index is -0.932. The summed E-state index contributed by atoms with van der Waals surface area (Å²) in [6.07, 6.45) is 1.27. The molecule has 0 aliphatic carbocycles. The van der Waals surface area contributed by atoms with Crippen molar-refractivity contribution in [3.05, 3.63) is 14.7 Å². The van der Waals surface area contributed by atoms with E-state index in [1.165, 1.54) is 11.0 Å². The van der Waals surface area contributed by atoms with Gasteiger partial charge < -0.3 is 15.4 Å². The van der Waals surface area contributed by atoms with Crippen LogP contribution in [0.5, 0.6) is 0 Å². The Morgan fingerprint density at radius 2 is 1.95 bits per heavy atom. The zero-order valence-corrected chi connectivity index (χ0v) is 13.5. The zero-order valence-electron chi connectivity index (χ0n) is 11.1. The van der Waals surface area contributed by atoms with Crippen molar-refractivity contribution in [3.8, 4) is 0 Å². The number of primary amides is 1. The molecule has 0 aromatic carbocycles. The number of nitrogens with two attached hydrogens (primary N) is 1. The van der Waals surface area contributed by atoms with Crippen molar-refractivity contribution >= 4 is 51.0 Å². The van der Waals surface area contributed by atoms with Gasteiger partial charge in [0.2, 0.25) is 0 Å². The van der Waals surface area contributed by atoms with Crippen molar-refractivity contribution < 1.29 is 19.1 Å². The van der Waals surface area contributed by atoms with Gasteiger partial charge in [0.15, 0.2) is 0 Å². The fourth-order valence-electron chi connectivity index (χ4n) is 1.99. The average molecular weight is 376 g/mol. The Morgan fingerprint density at radius 1 is 1.29 bits per heavy atom. The van der Waals surface area contributed by atoms with E-state index in [0.717, 1.165) is 30.6 Å². The van der Waals surface area contributed by atoms with Gasteiger partial charge in [0.25, 0.3) is 5.91 Å². The second-order valence-electron chi connectivity index (χ2n) is 4.49. The summed E-state index contributed by atoms with van der Waals surface area (Å²) in [7, 11) is 0. The molecule has 1 aliphatic rings. The molecule has 3 amide bonds. The van der Waals surface area contributed by atoms with Crippen LogP contribution in [0.2, 0.25) is 0 Å². The molecular weight excluding hydrogens is 362 g/mol. The number of carbonyl (C=O) groups excluding carboxylic acids is 3. The van der Waals surface area contributed by atoms with E-state index >= 15 is 0 Å². The first kappa shape index (κ1) is 15.8. The summed E-state index contributed by atoms with van der Waals surface area (Å²) >= 11 is 4.29. The second-order valence-corrected chi connectivity index (χ2v) is 6.92. The molecule has 0 unspecified atom stereocenters. The van der Waals surface area contributed by atoms with Crippen LogP contribution in [0.25, 0.3) is 0 Å². The average Bonchev–Trinajstić information content (AvgIpc) is 2.80. The van der Waals surface area contributed by atoms with E-state index in [2.05, 4.69) is 21.2 Å². The minimum Gasteiger partial charge on any atom is -0.365 e. The van der Waals surface area contributed by atoms with Crippen molar-refractivity contribution in [1.82, 2.24) is 4.90 Å². The van der Waals surface area contributed by atoms with Crippen molar-refractivity contribution in [2.24, 2.45) is 5.73 Å². The molecule has 0 saturated carbocycles. The van der Waals surface area contributed by atoms with E-state index in [9.17, 15) is 14.4 Å². The van der Waals surface area contributed by atoms with E-state index < -0.39 is 18.1 Å². The van der Waals surface area contributed by atoms with Crippen LogP contribution in [0.3, 0.4) is 0 Å². The number of carbonyl (C=O) groups is 3. The SMILES string of the molecule is NC(=O)c1sc(Br)cc1NC(=O)OC(=O)N1CCCCC1. The highest BCUT2D eigenvalue weighted by molar-refractivity contribution is 9.11. The van der Waals surface area contributed by atoms with E-state index in [1.54, 1.807) is 0 Å². The predicted octanol–water partition coefficient (Wildman–Crippen LogP) is 2.76. The molecule has 0 radical (unpaired) electrons. The molecule has 3 N–H and O–H groups in total. The third-order valence-corrected chi connectivity index (χ3v) is 4.61. The van der Waals surface area contributed by atoms with Gasteiger partial charge in [-0.15, -0.1) is 11.3 Å². The maximum absolute atomic E-state index is 11.8. The highest BCUT2D eigenvalue weighted by Crippen LogP contribution is 2.31. The van der Waals surface area contributed by atoms with E-state index in [1.807, 2.05) is 0 Å². The molecule has 2 rings (SSSR count). The monoisotopic (exact) mass is 375 g/mol. The van der Waals surface area contributed by atoms with Crippen molar-refractivity contribution in [3.63, 3.8) is 0 Å². The summed E-state index contributed by atoms with van der Waals surface area (Å²) in [5, 5.41) is 2.35. The molecule has 1 aliphatic heterocycles. The Kier molecular flexibility index (Phi) is 5.18. The van der Waals surface area contributed by atoms with Gasteiger partial charge in [-0.25, -0.2) is 9.59 Å². The third kappa shape index (κ3) is 4.18. The first-order chi connectivity index (χ1) is 9.97. The van der Waals surface area contributed by atoms with Crippen LogP contribution in [0.1, 0.15) is 28.9 Å². The number of hydrogen-bond acceptors (Lipinski definition) is 5. The number of nitrogens with one attached hydrogen (secondary N) is 1. The highest BCUT2D eigenvalue weighted by atomic mass is 79.9. The topological polar surface area (TPSA) is 102 Å². The van der Waals surface area contributed by atoms with Crippen molar-refractivity contribution in [2.75, 3.05) is 18.4 Å². The molecule has 1 fully saturated rings. The van der Waals surface area contributed by atoms with Crippen LogP contribution in [0.4, 0.5) is 15.3 Å². The Morgan fingerprint density at radius 3 is 2.57 bits per heavy atom. The van der Waals surface area contributed by atoms with Gasteiger partial charge in [0.1, 0.15) is 4.88 Å². The van der Waals surface area contributed by atoms with Gasteiger partial charge in [-0.05, 0) is 41.3 Å². The van der Waals surface area contributed by atoms with E-state index in [0.29, 0.717) is 16.9 Å². The van der Waals surface area contributed by atoms with Gasteiger partial charge in [-0.2, -0.15) is 0 Å². The Hall–Kier alpha value is -1.61. The molecule has 1 saturated heterocycles. The molecule has 9 heteroatoms. The molecule has 0 bridgehead atoms. The van der Waals surface area contributed by atoms with Crippen LogP contribution in [-0.2, 0) is 4.74 Å².